The first-order valence-electron chi connectivity index (χ1n) is 10.6. The molecular weight excluding hydrogens is 440 g/mol. The third kappa shape index (κ3) is 10.1. The van der Waals surface area contributed by atoms with Gasteiger partial charge in [-0.1, -0.05) is 44.0 Å². The van der Waals surface area contributed by atoms with Gasteiger partial charge in [-0.25, -0.2) is 14.4 Å². The van der Waals surface area contributed by atoms with E-state index >= 15 is 0 Å². The largest absolute Gasteiger partial charge is 0.461 e. The number of hydrogen-bond acceptors (Lipinski definition) is 9. The Morgan fingerprint density at radius 1 is 0.824 bits per heavy atom. The number of nitrogens with one attached hydrogen (secondary N) is 1. The van der Waals surface area contributed by atoms with Crippen LogP contribution in [0.4, 0.5) is 0 Å². The zero-order valence-electron chi connectivity index (χ0n) is 20.1. The van der Waals surface area contributed by atoms with Crippen molar-refractivity contribution in [2.75, 3.05) is 26.4 Å². The van der Waals surface area contributed by atoms with Gasteiger partial charge < -0.3 is 24.8 Å². The Morgan fingerprint density at radius 3 is 1.68 bits per heavy atom. The van der Waals surface area contributed by atoms with E-state index in [1.54, 1.807) is 0 Å². The van der Waals surface area contributed by atoms with Crippen molar-refractivity contribution < 1.29 is 33.4 Å². The summed E-state index contributed by atoms with van der Waals surface area (Å²) >= 11 is 0. The molecule has 0 aromatic heterocycles. The van der Waals surface area contributed by atoms with Crippen LogP contribution in [0.25, 0.3) is 0 Å². The number of hydrogen-bond donors (Lipinski definition) is 2. The van der Waals surface area contributed by atoms with Crippen LogP contribution in [0.2, 0.25) is 0 Å². The second kappa shape index (κ2) is 14.1. The lowest BCUT2D eigenvalue weighted by Crippen LogP contribution is -2.44. The number of nitrogens with two attached hydrogens (primary N) is 1. The normalized spacial score (nSPS) is 10.8. The van der Waals surface area contributed by atoms with Crippen LogP contribution in [-0.2, 0) is 46.5 Å². The molecule has 1 aromatic rings. The predicted molar refractivity (Wildman–Crippen MR) is 127 cm³/mol. The van der Waals surface area contributed by atoms with Gasteiger partial charge in [0, 0.05) is 29.8 Å². The van der Waals surface area contributed by atoms with Crippen molar-refractivity contribution >= 4 is 17.9 Å². The van der Waals surface area contributed by atoms with E-state index in [1.165, 1.54) is 20.8 Å². The molecule has 0 atom stereocenters. The number of hydroxylamine groups is 1. The molecular formula is C25H34N2O7. The molecule has 0 saturated heterocycles. The van der Waals surface area contributed by atoms with E-state index in [-0.39, 0.29) is 43.1 Å². The molecule has 0 aliphatic rings. The summed E-state index contributed by atoms with van der Waals surface area (Å²) in [6.07, 6.45) is 0. The molecule has 0 fully saturated rings. The van der Waals surface area contributed by atoms with E-state index in [1.807, 2.05) is 24.3 Å². The quantitative estimate of drug-likeness (QED) is 0.130. The SMILES string of the molecule is C=C(C)C(=O)OCC(CONCc1cccc(CN)c1)(COC(=O)C(=C)C)COC(=O)C(=C)C. The first-order chi connectivity index (χ1) is 16.0. The minimum atomic E-state index is -1.21. The summed E-state index contributed by atoms with van der Waals surface area (Å²) in [7, 11) is 0. The Balaban J connectivity index is 3.00. The molecule has 0 bridgehead atoms. The minimum absolute atomic E-state index is 0.125. The molecule has 186 valence electrons. The van der Waals surface area contributed by atoms with E-state index in [4.69, 9.17) is 24.8 Å². The fraction of sp³-hybridized carbons (Fsp3) is 0.400. The molecule has 0 spiro atoms. The van der Waals surface area contributed by atoms with Crippen molar-refractivity contribution in [1.29, 1.82) is 0 Å². The molecule has 0 aliphatic heterocycles. The molecule has 34 heavy (non-hydrogen) atoms. The van der Waals surface area contributed by atoms with E-state index in [2.05, 4.69) is 25.2 Å². The highest BCUT2D eigenvalue weighted by atomic mass is 16.6. The maximum Gasteiger partial charge on any atom is 0.333 e. The highest BCUT2D eigenvalue weighted by Crippen LogP contribution is 2.22. The maximum absolute atomic E-state index is 12.0. The van der Waals surface area contributed by atoms with Crippen molar-refractivity contribution in [3.05, 3.63) is 71.8 Å². The molecule has 9 heteroatoms. The Hall–Kier alpha value is -3.27. The summed E-state index contributed by atoms with van der Waals surface area (Å²) < 4.78 is 15.9. The Labute approximate surface area is 200 Å². The molecule has 0 amide bonds. The average molecular weight is 475 g/mol. The van der Waals surface area contributed by atoms with Crippen LogP contribution in [-0.4, -0.2) is 44.3 Å². The lowest BCUT2D eigenvalue weighted by Gasteiger charge is -2.31. The summed E-state index contributed by atoms with van der Waals surface area (Å²) in [5, 5.41) is 0. The molecule has 9 nitrogen and oxygen atoms in total. The topological polar surface area (TPSA) is 126 Å². The van der Waals surface area contributed by atoms with Gasteiger partial charge in [0.15, 0.2) is 0 Å². The van der Waals surface area contributed by atoms with E-state index < -0.39 is 23.3 Å². The molecule has 0 saturated carbocycles. The molecule has 0 radical (unpaired) electrons. The highest BCUT2D eigenvalue weighted by Gasteiger charge is 2.37. The van der Waals surface area contributed by atoms with Gasteiger partial charge in [-0.05, 0) is 31.9 Å². The number of carbonyl (C=O) groups excluding carboxylic acids is 3. The summed E-state index contributed by atoms with van der Waals surface area (Å²) in [6, 6.07) is 7.63. The zero-order chi connectivity index (χ0) is 25.7. The van der Waals surface area contributed by atoms with Gasteiger partial charge in [-0.3, -0.25) is 0 Å². The lowest BCUT2D eigenvalue weighted by atomic mass is 9.92. The van der Waals surface area contributed by atoms with Crippen LogP contribution in [0.3, 0.4) is 0 Å². The van der Waals surface area contributed by atoms with E-state index in [0.717, 1.165) is 11.1 Å². The van der Waals surface area contributed by atoms with Crippen LogP contribution in [0.1, 0.15) is 31.9 Å². The third-order valence-corrected chi connectivity index (χ3v) is 4.56. The Morgan fingerprint density at radius 2 is 1.26 bits per heavy atom. The zero-order valence-corrected chi connectivity index (χ0v) is 20.1. The molecule has 1 rings (SSSR count). The molecule has 0 aliphatic carbocycles. The second-order valence-electron chi connectivity index (χ2n) is 8.20. The Bertz CT molecular complexity index is 850. The van der Waals surface area contributed by atoms with Crippen molar-refractivity contribution in [2.24, 2.45) is 11.1 Å². The van der Waals surface area contributed by atoms with E-state index in [0.29, 0.717) is 13.1 Å². The van der Waals surface area contributed by atoms with Gasteiger partial charge in [0.1, 0.15) is 19.8 Å². The standard InChI is InChI=1S/C25H34N2O7/c1-17(2)22(28)31-13-25(14-32-23(29)18(3)4,15-33-24(30)19(5)6)16-34-27-12-21-9-7-8-20(10-21)11-26/h7-10,27H,1,3,5,11-16,26H2,2,4,6H3. The summed E-state index contributed by atoms with van der Waals surface area (Å²) in [6.45, 7) is 15.0. The fourth-order valence-corrected chi connectivity index (χ4v) is 2.48. The summed E-state index contributed by atoms with van der Waals surface area (Å²) in [5.74, 6) is -1.94. The number of ether oxygens (including phenoxy) is 3. The van der Waals surface area contributed by atoms with E-state index in [9.17, 15) is 14.4 Å². The third-order valence-electron chi connectivity index (χ3n) is 4.56. The van der Waals surface area contributed by atoms with Gasteiger partial charge in [-0.15, -0.1) is 0 Å². The van der Waals surface area contributed by atoms with Gasteiger partial charge in [0.25, 0.3) is 0 Å². The van der Waals surface area contributed by atoms with Gasteiger partial charge in [0.05, 0.1) is 12.0 Å². The van der Waals surface area contributed by atoms with Gasteiger partial charge in [-0.2, -0.15) is 5.48 Å². The van der Waals surface area contributed by atoms with Crippen LogP contribution >= 0.6 is 0 Å². The number of carbonyl (C=O) groups is 3. The number of esters is 3. The minimum Gasteiger partial charge on any atom is -0.461 e. The number of benzene rings is 1. The van der Waals surface area contributed by atoms with Crippen LogP contribution in [0.5, 0.6) is 0 Å². The molecule has 1 aromatic carbocycles. The fourth-order valence-electron chi connectivity index (χ4n) is 2.48. The van der Waals surface area contributed by atoms with Crippen LogP contribution < -0.4 is 11.2 Å². The first-order valence-corrected chi connectivity index (χ1v) is 10.6. The van der Waals surface area contributed by atoms with Gasteiger partial charge >= 0.3 is 17.9 Å². The highest BCUT2D eigenvalue weighted by molar-refractivity contribution is 5.88. The molecule has 3 N–H and O–H groups in total. The maximum atomic E-state index is 12.0. The average Bonchev–Trinajstić information content (AvgIpc) is 2.81. The van der Waals surface area contributed by atoms with Gasteiger partial charge in [0.2, 0.25) is 0 Å². The summed E-state index contributed by atoms with van der Waals surface area (Å²) in [5.41, 5.74) is 9.75. The van der Waals surface area contributed by atoms with Crippen LogP contribution in [0.15, 0.2) is 60.7 Å². The van der Waals surface area contributed by atoms with Crippen molar-refractivity contribution in [3.63, 3.8) is 0 Å². The van der Waals surface area contributed by atoms with Crippen LogP contribution in [0, 0.1) is 5.41 Å². The summed E-state index contributed by atoms with van der Waals surface area (Å²) in [4.78, 5) is 41.7. The lowest BCUT2D eigenvalue weighted by molar-refractivity contribution is -0.166. The monoisotopic (exact) mass is 474 g/mol. The predicted octanol–water partition coefficient (Wildman–Crippen LogP) is 2.51. The van der Waals surface area contributed by atoms with Crippen molar-refractivity contribution in [1.82, 2.24) is 5.48 Å². The Kier molecular flexibility index (Phi) is 11.9. The van der Waals surface area contributed by atoms with Crippen molar-refractivity contribution in [3.8, 4) is 0 Å². The molecule has 0 heterocycles. The smallest absolute Gasteiger partial charge is 0.333 e. The number of rotatable bonds is 15. The second-order valence-corrected chi connectivity index (χ2v) is 8.20. The molecule has 0 unspecified atom stereocenters. The van der Waals surface area contributed by atoms with Crippen molar-refractivity contribution in [2.45, 2.75) is 33.9 Å². The first kappa shape index (κ1) is 28.8.